The number of rotatable bonds is 21. The topological polar surface area (TPSA) is 276 Å². The van der Waals surface area contributed by atoms with Crippen LogP contribution in [0.1, 0.15) is 6.23 Å². The van der Waals surface area contributed by atoms with Crippen molar-refractivity contribution in [3.05, 3.63) is 11.5 Å². The number of amides is 1. The number of carbonyl (C=O) groups excluding carboxylic acids is 1. The minimum Gasteiger partial charge on any atom is -0.387 e. The quantitative estimate of drug-likeness (QED) is 0.0362. The number of aliphatic hydroxyl groups is 2. The number of ether oxygens (including phenoxy) is 6. The number of anilines is 1. The highest BCUT2D eigenvalue weighted by Gasteiger charge is 2.46. The molecular formula is C27H41ClN6O15P2. The SMILES string of the molecule is C#CCOCCOCCOCCOCCNC(=O)C1COCCN1c1nc(Cl)nc2c1cnn2[C@@H]1O[C@H](COP(=O)(O)CP(=O)(O)O)[C@@H](O)[C@H]1O. The second-order valence-corrected chi connectivity index (χ2v) is 15.4. The summed E-state index contributed by atoms with van der Waals surface area (Å²) in [5.74, 6) is 0.799. The van der Waals surface area contributed by atoms with E-state index in [9.17, 15) is 29.0 Å². The molecule has 6 N–H and O–H groups in total. The standard InChI is InChI=1S/C27H41ClN6O15P2/c1-2-5-43-8-10-45-12-13-46-11-9-44-6-3-29-25(37)19-15-47-7-4-33(19)23-18-14-30-34(24(18)32-27(28)31-23)26-22(36)21(35)20(49-26)16-48-51(41,42)17-50(38,39)40/h1,14,19-22,26,35-36H,3-13,15-17H2,(H,29,37)(H,41,42)(H2,38,39,40)/t19?,20-,21-,22-,26-/m1/s1. The molecule has 51 heavy (non-hydrogen) atoms. The summed E-state index contributed by atoms with van der Waals surface area (Å²) in [6.45, 7) is 2.70. The molecule has 4 rings (SSSR count). The van der Waals surface area contributed by atoms with E-state index in [1.54, 1.807) is 4.90 Å². The lowest BCUT2D eigenvalue weighted by molar-refractivity contribution is -0.125. The van der Waals surface area contributed by atoms with Crippen molar-refractivity contribution in [1.29, 1.82) is 0 Å². The van der Waals surface area contributed by atoms with Crippen molar-refractivity contribution in [1.82, 2.24) is 25.1 Å². The fourth-order valence-corrected chi connectivity index (χ4v) is 7.78. The molecule has 1 amide bonds. The van der Waals surface area contributed by atoms with Crippen LogP contribution in [0.25, 0.3) is 11.0 Å². The van der Waals surface area contributed by atoms with Crippen LogP contribution >= 0.6 is 26.8 Å². The van der Waals surface area contributed by atoms with Gasteiger partial charge in [-0.2, -0.15) is 15.1 Å². The molecule has 2 saturated heterocycles. The van der Waals surface area contributed by atoms with Crippen molar-refractivity contribution in [3.63, 3.8) is 0 Å². The molecule has 286 valence electrons. The largest absolute Gasteiger partial charge is 0.387 e. The first-order valence-electron chi connectivity index (χ1n) is 15.6. The van der Waals surface area contributed by atoms with E-state index in [4.69, 9.17) is 60.8 Å². The molecular weight excluding hydrogens is 746 g/mol. The molecule has 0 radical (unpaired) electrons. The van der Waals surface area contributed by atoms with Crippen LogP contribution in [0.2, 0.25) is 5.28 Å². The fraction of sp³-hybridized carbons (Fsp3) is 0.704. The number of nitrogens with zero attached hydrogens (tertiary/aromatic N) is 5. The van der Waals surface area contributed by atoms with Gasteiger partial charge in [-0.05, 0) is 11.6 Å². The van der Waals surface area contributed by atoms with Crippen LogP contribution in [-0.4, -0.2) is 167 Å². The number of hydrogen-bond donors (Lipinski definition) is 6. The number of aromatic nitrogens is 4. The molecule has 0 bridgehead atoms. The molecule has 2 aromatic rings. The summed E-state index contributed by atoms with van der Waals surface area (Å²) in [5, 5.41) is 28.5. The smallest absolute Gasteiger partial charge is 0.340 e. The highest BCUT2D eigenvalue weighted by atomic mass is 35.5. The molecule has 0 aliphatic carbocycles. The minimum atomic E-state index is -4.89. The lowest BCUT2D eigenvalue weighted by Gasteiger charge is -2.35. The molecule has 21 nitrogen and oxygen atoms in total. The van der Waals surface area contributed by atoms with E-state index in [-0.39, 0.29) is 62.2 Å². The fourth-order valence-electron chi connectivity index (χ4n) is 5.05. The van der Waals surface area contributed by atoms with Gasteiger partial charge in [-0.1, -0.05) is 5.92 Å². The number of halogens is 1. The van der Waals surface area contributed by atoms with Crippen LogP contribution in [0, 0.1) is 12.3 Å². The Morgan fingerprint density at radius 2 is 1.71 bits per heavy atom. The highest BCUT2D eigenvalue weighted by Crippen LogP contribution is 2.55. The first kappa shape index (κ1) is 41.4. The van der Waals surface area contributed by atoms with E-state index in [0.717, 1.165) is 4.68 Å². The van der Waals surface area contributed by atoms with Crippen LogP contribution in [0.4, 0.5) is 5.82 Å². The summed E-state index contributed by atoms with van der Waals surface area (Å²) in [4.78, 5) is 51.3. The Balaban J connectivity index is 1.31. The van der Waals surface area contributed by atoms with E-state index in [0.29, 0.717) is 45.0 Å². The Morgan fingerprint density at radius 3 is 2.37 bits per heavy atom. The van der Waals surface area contributed by atoms with Crippen molar-refractivity contribution >= 4 is 49.6 Å². The van der Waals surface area contributed by atoms with Gasteiger partial charge in [-0.15, -0.1) is 6.42 Å². The summed E-state index contributed by atoms with van der Waals surface area (Å²) in [7, 11) is -9.66. The average Bonchev–Trinajstić information content (AvgIpc) is 3.61. The molecule has 0 aromatic carbocycles. The van der Waals surface area contributed by atoms with E-state index < -0.39 is 58.3 Å². The molecule has 2 aromatic heterocycles. The normalized spacial score (nSPS) is 23.7. The van der Waals surface area contributed by atoms with Crippen LogP contribution in [-0.2, 0) is 46.9 Å². The predicted molar refractivity (Wildman–Crippen MR) is 176 cm³/mol. The van der Waals surface area contributed by atoms with Crippen LogP contribution in [0.5, 0.6) is 0 Å². The van der Waals surface area contributed by atoms with Gasteiger partial charge in [0.05, 0.1) is 77.7 Å². The third kappa shape index (κ3) is 12.4. The number of fused-ring (bicyclic) bond motifs is 1. The van der Waals surface area contributed by atoms with Crippen molar-refractivity contribution in [3.8, 4) is 12.3 Å². The second-order valence-electron chi connectivity index (χ2n) is 11.1. The molecule has 0 saturated carbocycles. The Hall–Kier alpha value is -2.35. The van der Waals surface area contributed by atoms with Gasteiger partial charge >= 0.3 is 15.2 Å². The van der Waals surface area contributed by atoms with Crippen molar-refractivity contribution in [2.24, 2.45) is 0 Å². The molecule has 24 heteroatoms. The molecule has 2 aliphatic heterocycles. The second kappa shape index (κ2) is 19.6. The summed E-state index contributed by atoms with van der Waals surface area (Å²) < 4.78 is 61.7. The van der Waals surface area contributed by atoms with Crippen LogP contribution < -0.4 is 10.2 Å². The Labute approximate surface area is 297 Å². The summed E-state index contributed by atoms with van der Waals surface area (Å²) in [6, 6.07) is -0.824. The summed E-state index contributed by atoms with van der Waals surface area (Å²) in [5.41, 5.74) is 0.0686. The Bertz CT molecular complexity index is 1580. The van der Waals surface area contributed by atoms with Crippen molar-refractivity contribution in [2.75, 3.05) is 96.6 Å². The zero-order valence-electron chi connectivity index (χ0n) is 27.3. The minimum absolute atomic E-state index is 0.0327. The molecule has 2 aliphatic rings. The zero-order chi connectivity index (χ0) is 37.0. The maximum atomic E-state index is 13.2. The number of aliphatic hydroxyl groups excluding tert-OH is 2. The van der Waals surface area contributed by atoms with Gasteiger partial charge in [0.25, 0.3) is 0 Å². The predicted octanol–water partition coefficient (Wildman–Crippen LogP) is -1.54. The molecule has 0 spiro atoms. The lowest BCUT2D eigenvalue weighted by Crippen LogP contribution is -2.54. The van der Waals surface area contributed by atoms with Crippen molar-refractivity contribution < 1.29 is 71.8 Å². The number of carbonyl (C=O) groups is 1. The van der Waals surface area contributed by atoms with E-state index >= 15 is 0 Å². The van der Waals surface area contributed by atoms with Crippen LogP contribution in [0.15, 0.2) is 6.20 Å². The summed E-state index contributed by atoms with van der Waals surface area (Å²) in [6.07, 6.45) is 0.373. The monoisotopic (exact) mass is 786 g/mol. The molecule has 4 heterocycles. The zero-order valence-corrected chi connectivity index (χ0v) is 29.8. The van der Waals surface area contributed by atoms with Crippen molar-refractivity contribution in [2.45, 2.75) is 30.6 Å². The highest BCUT2D eigenvalue weighted by molar-refractivity contribution is 7.70. The third-order valence-electron chi connectivity index (χ3n) is 7.34. The molecule has 6 atom stereocenters. The first-order chi connectivity index (χ1) is 24.3. The number of morpholine rings is 1. The maximum Gasteiger partial charge on any atom is 0.340 e. The van der Waals surface area contributed by atoms with Gasteiger partial charge in [0.2, 0.25) is 11.2 Å². The van der Waals surface area contributed by atoms with Gasteiger partial charge in [0, 0.05) is 13.1 Å². The van der Waals surface area contributed by atoms with Gasteiger partial charge in [0.15, 0.2) is 17.8 Å². The molecule has 2 unspecified atom stereocenters. The van der Waals surface area contributed by atoms with Gasteiger partial charge in [0.1, 0.15) is 36.8 Å². The number of terminal acetylenes is 1. The first-order valence-corrected chi connectivity index (χ1v) is 19.5. The Kier molecular flexibility index (Phi) is 16.0. The van der Waals surface area contributed by atoms with Gasteiger partial charge < -0.3 is 68.1 Å². The van der Waals surface area contributed by atoms with E-state index in [2.05, 4.69) is 26.3 Å². The van der Waals surface area contributed by atoms with Gasteiger partial charge in [-0.25, -0.2) is 4.68 Å². The summed E-state index contributed by atoms with van der Waals surface area (Å²) >= 11 is 6.29. The Morgan fingerprint density at radius 1 is 1.04 bits per heavy atom. The van der Waals surface area contributed by atoms with Crippen LogP contribution in [0.3, 0.4) is 0 Å². The van der Waals surface area contributed by atoms with E-state index in [1.807, 2.05) is 0 Å². The lowest BCUT2D eigenvalue weighted by atomic mass is 10.1. The van der Waals surface area contributed by atoms with E-state index in [1.165, 1.54) is 6.20 Å². The molecule has 2 fully saturated rings. The third-order valence-corrected chi connectivity index (χ3v) is 11.0. The van der Waals surface area contributed by atoms with Gasteiger partial charge in [-0.3, -0.25) is 13.9 Å². The average molecular weight is 787 g/mol. The number of hydrogen-bond acceptors (Lipinski definition) is 16. The number of nitrogens with one attached hydrogen (secondary N) is 1. The maximum absolute atomic E-state index is 13.2.